The molecular formula is C9H14O. The van der Waals surface area contributed by atoms with Crippen molar-refractivity contribution in [3.05, 3.63) is 24.8 Å². The number of carbonyl (C=O) groups is 1. The molecule has 0 amide bonds. The van der Waals surface area contributed by atoms with E-state index in [4.69, 9.17) is 0 Å². The van der Waals surface area contributed by atoms with Crippen molar-refractivity contribution in [2.75, 3.05) is 0 Å². The topological polar surface area (TPSA) is 17.1 Å². The second-order valence-electron chi connectivity index (χ2n) is 2.97. The van der Waals surface area contributed by atoms with Gasteiger partial charge in [0.2, 0.25) is 0 Å². The van der Waals surface area contributed by atoms with Crippen LogP contribution in [-0.2, 0) is 4.79 Å². The van der Waals surface area contributed by atoms with Crippen molar-refractivity contribution in [1.82, 2.24) is 0 Å². The molecule has 0 saturated carbocycles. The van der Waals surface area contributed by atoms with Gasteiger partial charge in [-0.25, -0.2) is 0 Å². The number of rotatable bonds is 3. The van der Waals surface area contributed by atoms with Crippen LogP contribution in [0.1, 0.15) is 20.8 Å². The van der Waals surface area contributed by atoms with E-state index < -0.39 is 0 Å². The number of hydrogen-bond donors (Lipinski definition) is 0. The van der Waals surface area contributed by atoms with E-state index in [1.165, 1.54) is 6.92 Å². The summed E-state index contributed by atoms with van der Waals surface area (Å²) in [5.41, 5.74) is -0.0638. The zero-order valence-corrected chi connectivity index (χ0v) is 6.85. The zero-order chi connectivity index (χ0) is 8.20. The van der Waals surface area contributed by atoms with Gasteiger partial charge >= 0.3 is 0 Å². The molecule has 0 aliphatic rings. The van der Waals surface area contributed by atoms with Crippen molar-refractivity contribution in [1.29, 1.82) is 0 Å². The summed E-state index contributed by atoms with van der Waals surface area (Å²) in [7, 11) is 0. The van der Waals surface area contributed by atoms with E-state index in [1.54, 1.807) is 6.08 Å². The van der Waals surface area contributed by atoms with Gasteiger partial charge in [0.25, 0.3) is 0 Å². The molecule has 0 spiro atoms. The maximum Gasteiger partial charge on any atom is 0.152 e. The van der Waals surface area contributed by atoms with Gasteiger partial charge in [0.1, 0.15) is 0 Å². The standard InChI is InChI=1S/C9H14O/c1-5-9(3,4)7-6-8(2)10/h5-7H,1H2,2-4H3/b7-6+. The molecular weight excluding hydrogens is 124 g/mol. The molecule has 0 aliphatic heterocycles. The van der Waals surface area contributed by atoms with Gasteiger partial charge in [-0.05, 0) is 13.0 Å². The molecule has 0 atom stereocenters. The molecule has 0 aromatic rings. The van der Waals surface area contributed by atoms with E-state index in [0.29, 0.717) is 0 Å². The van der Waals surface area contributed by atoms with Gasteiger partial charge in [0.05, 0.1) is 0 Å². The van der Waals surface area contributed by atoms with Crippen LogP contribution in [0.5, 0.6) is 0 Å². The smallest absolute Gasteiger partial charge is 0.152 e. The van der Waals surface area contributed by atoms with Crippen LogP contribution in [0.15, 0.2) is 24.8 Å². The molecule has 0 rings (SSSR count). The molecule has 0 aliphatic carbocycles. The first kappa shape index (κ1) is 9.15. The minimum absolute atomic E-state index is 0.0638. The Morgan fingerprint density at radius 3 is 2.30 bits per heavy atom. The lowest BCUT2D eigenvalue weighted by Crippen LogP contribution is -2.01. The summed E-state index contributed by atoms with van der Waals surface area (Å²) in [5, 5.41) is 0. The fourth-order valence-electron chi connectivity index (χ4n) is 0.400. The predicted molar refractivity (Wildman–Crippen MR) is 43.8 cm³/mol. The van der Waals surface area contributed by atoms with Crippen LogP contribution in [0.4, 0.5) is 0 Å². The van der Waals surface area contributed by atoms with E-state index >= 15 is 0 Å². The van der Waals surface area contributed by atoms with Crippen molar-refractivity contribution in [3.8, 4) is 0 Å². The van der Waals surface area contributed by atoms with E-state index in [2.05, 4.69) is 6.58 Å². The Morgan fingerprint density at radius 1 is 1.50 bits per heavy atom. The Morgan fingerprint density at radius 2 is 2.00 bits per heavy atom. The zero-order valence-electron chi connectivity index (χ0n) is 6.85. The van der Waals surface area contributed by atoms with Crippen LogP contribution in [-0.4, -0.2) is 5.78 Å². The molecule has 0 aromatic heterocycles. The van der Waals surface area contributed by atoms with Gasteiger partial charge in [-0.15, -0.1) is 6.58 Å². The third kappa shape index (κ3) is 4.07. The van der Waals surface area contributed by atoms with Gasteiger partial charge in [0.15, 0.2) is 5.78 Å². The summed E-state index contributed by atoms with van der Waals surface area (Å²) in [4.78, 5) is 10.5. The molecule has 0 unspecified atom stereocenters. The maximum atomic E-state index is 10.5. The second-order valence-corrected chi connectivity index (χ2v) is 2.97. The highest BCUT2D eigenvalue weighted by atomic mass is 16.1. The molecule has 0 bridgehead atoms. The van der Waals surface area contributed by atoms with Gasteiger partial charge in [-0.1, -0.05) is 26.0 Å². The fourth-order valence-corrected chi connectivity index (χ4v) is 0.400. The molecule has 56 valence electrons. The molecule has 0 saturated heterocycles. The summed E-state index contributed by atoms with van der Waals surface area (Å²) in [6.45, 7) is 9.18. The second kappa shape index (κ2) is 3.35. The minimum Gasteiger partial charge on any atom is -0.295 e. The lowest BCUT2D eigenvalue weighted by Gasteiger charge is -2.12. The van der Waals surface area contributed by atoms with Gasteiger partial charge < -0.3 is 0 Å². The largest absolute Gasteiger partial charge is 0.295 e. The van der Waals surface area contributed by atoms with Crippen LogP contribution >= 0.6 is 0 Å². The molecule has 0 heterocycles. The Balaban J connectivity index is 4.12. The SMILES string of the molecule is C=CC(C)(C)/C=C/C(C)=O. The summed E-state index contributed by atoms with van der Waals surface area (Å²) in [6, 6.07) is 0. The van der Waals surface area contributed by atoms with E-state index in [-0.39, 0.29) is 11.2 Å². The average molecular weight is 138 g/mol. The van der Waals surface area contributed by atoms with Crippen molar-refractivity contribution in [2.45, 2.75) is 20.8 Å². The predicted octanol–water partition coefficient (Wildman–Crippen LogP) is 2.34. The molecule has 0 aromatic carbocycles. The lowest BCUT2D eigenvalue weighted by atomic mass is 9.93. The Bertz CT molecular complexity index is 164. The van der Waals surface area contributed by atoms with Crippen molar-refractivity contribution < 1.29 is 4.79 Å². The molecule has 0 fully saturated rings. The van der Waals surface area contributed by atoms with Crippen molar-refractivity contribution >= 4 is 5.78 Å². The highest BCUT2D eigenvalue weighted by molar-refractivity contribution is 5.87. The Hall–Kier alpha value is -0.850. The number of hydrogen-bond acceptors (Lipinski definition) is 1. The van der Waals surface area contributed by atoms with Crippen molar-refractivity contribution in [3.63, 3.8) is 0 Å². The third-order valence-electron chi connectivity index (χ3n) is 1.27. The van der Waals surface area contributed by atoms with Crippen LogP contribution in [0, 0.1) is 5.41 Å². The summed E-state index contributed by atoms with van der Waals surface area (Å²) in [5.74, 6) is 0.0786. The number of carbonyl (C=O) groups excluding carboxylic acids is 1. The van der Waals surface area contributed by atoms with Gasteiger partial charge in [0, 0.05) is 5.41 Å². The molecule has 0 radical (unpaired) electrons. The quantitative estimate of drug-likeness (QED) is 0.432. The van der Waals surface area contributed by atoms with Gasteiger partial charge in [-0.2, -0.15) is 0 Å². The maximum absolute atomic E-state index is 10.5. The van der Waals surface area contributed by atoms with E-state index in [1.807, 2.05) is 26.0 Å². The molecule has 1 nitrogen and oxygen atoms in total. The van der Waals surface area contributed by atoms with Crippen LogP contribution < -0.4 is 0 Å². The normalized spacial score (nSPS) is 11.9. The minimum atomic E-state index is -0.0638. The van der Waals surface area contributed by atoms with Crippen LogP contribution in [0.2, 0.25) is 0 Å². The highest BCUT2D eigenvalue weighted by Gasteiger charge is 2.06. The Labute approximate surface area is 62.4 Å². The average Bonchev–Trinajstić information content (AvgIpc) is 1.85. The summed E-state index contributed by atoms with van der Waals surface area (Å²) in [6.07, 6.45) is 5.23. The molecule has 10 heavy (non-hydrogen) atoms. The molecule has 1 heteroatoms. The first-order valence-corrected chi connectivity index (χ1v) is 3.31. The number of ketones is 1. The van der Waals surface area contributed by atoms with Gasteiger partial charge in [-0.3, -0.25) is 4.79 Å². The Kier molecular flexibility index (Phi) is 3.07. The summed E-state index contributed by atoms with van der Waals surface area (Å²) >= 11 is 0. The van der Waals surface area contributed by atoms with Crippen LogP contribution in [0.3, 0.4) is 0 Å². The first-order valence-electron chi connectivity index (χ1n) is 3.31. The summed E-state index contributed by atoms with van der Waals surface area (Å²) < 4.78 is 0. The third-order valence-corrected chi connectivity index (χ3v) is 1.27. The monoisotopic (exact) mass is 138 g/mol. The van der Waals surface area contributed by atoms with Crippen LogP contribution in [0.25, 0.3) is 0 Å². The number of allylic oxidation sites excluding steroid dienone is 3. The lowest BCUT2D eigenvalue weighted by molar-refractivity contribution is -0.112. The van der Waals surface area contributed by atoms with E-state index in [0.717, 1.165) is 0 Å². The fraction of sp³-hybridized carbons (Fsp3) is 0.444. The van der Waals surface area contributed by atoms with E-state index in [9.17, 15) is 4.79 Å². The highest BCUT2D eigenvalue weighted by Crippen LogP contribution is 2.17. The molecule has 0 N–H and O–H groups in total. The first-order chi connectivity index (χ1) is 4.48. The van der Waals surface area contributed by atoms with Crippen molar-refractivity contribution in [2.24, 2.45) is 5.41 Å².